The van der Waals surface area contributed by atoms with Crippen LogP contribution in [0.5, 0.6) is 0 Å². The topological polar surface area (TPSA) is 44.9 Å². The van der Waals surface area contributed by atoms with Gasteiger partial charge in [0.1, 0.15) is 5.69 Å². The lowest BCUT2D eigenvalue weighted by Crippen LogP contribution is -2.17. The summed E-state index contributed by atoms with van der Waals surface area (Å²) in [6.45, 7) is 7.06. The van der Waals surface area contributed by atoms with E-state index in [9.17, 15) is 4.79 Å². The molecule has 1 aromatic rings. The highest BCUT2D eigenvalue weighted by Crippen LogP contribution is 2.25. The van der Waals surface area contributed by atoms with E-state index in [1.54, 1.807) is 0 Å². The lowest BCUT2D eigenvalue weighted by molar-refractivity contribution is 0.0961. The number of rotatable bonds is 0. The van der Waals surface area contributed by atoms with Gasteiger partial charge in [-0.3, -0.25) is 4.79 Å². The molecule has 0 spiro atoms. The molecule has 0 radical (unpaired) electrons. The Kier molecular flexibility index (Phi) is 1.53. The Labute approximate surface area is 77.5 Å². The van der Waals surface area contributed by atoms with Crippen LogP contribution in [0, 0.1) is 0 Å². The molecular formula is C10H14N2O. The van der Waals surface area contributed by atoms with E-state index in [1.807, 2.05) is 0 Å². The van der Waals surface area contributed by atoms with Gasteiger partial charge in [-0.15, -0.1) is 0 Å². The van der Waals surface area contributed by atoms with E-state index in [4.69, 9.17) is 0 Å². The van der Waals surface area contributed by atoms with Crippen molar-refractivity contribution in [2.45, 2.75) is 32.7 Å². The number of nitrogens with one attached hydrogen (secondary N) is 2. The van der Waals surface area contributed by atoms with E-state index in [0.717, 1.165) is 17.0 Å². The highest BCUT2D eigenvalue weighted by molar-refractivity contribution is 5.96. The van der Waals surface area contributed by atoms with Crippen LogP contribution in [0.3, 0.4) is 0 Å². The normalized spacial score (nSPS) is 15.8. The number of fused-ring (bicyclic) bond motifs is 1. The molecule has 0 fully saturated rings. The second-order valence-corrected chi connectivity index (χ2v) is 4.52. The number of amides is 1. The van der Waals surface area contributed by atoms with Gasteiger partial charge in [-0.2, -0.15) is 0 Å². The van der Waals surface area contributed by atoms with Crippen molar-refractivity contribution < 1.29 is 4.79 Å². The fourth-order valence-corrected chi connectivity index (χ4v) is 1.51. The third kappa shape index (κ3) is 1.24. The van der Waals surface area contributed by atoms with Crippen LogP contribution in [0.4, 0.5) is 0 Å². The average molecular weight is 178 g/mol. The number of hydrogen-bond donors (Lipinski definition) is 2. The number of carbonyl (C=O) groups excluding carboxylic acids is 1. The average Bonchev–Trinajstić information content (AvgIpc) is 2.51. The minimum atomic E-state index is 0.0190. The summed E-state index contributed by atoms with van der Waals surface area (Å²) in [6.07, 6.45) is 0. The summed E-state index contributed by atoms with van der Waals surface area (Å²) in [6, 6.07) is 2.08. The second kappa shape index (κ2) is 2.37. The number of H-pyrrole nitrogens is 1. The molecule has 0 aliphatic carbocycles. The largest absolute Gasteiger partial charge is 0.354 e. The number of aromatic nitrogens is 1. The predicted octanol–water partition coefficient (Wildman–Crippen LogP) is 1.56. The Morgan fingerprint density at radius 2 is 2.08 bits per heavy atom. The van der Waals surface area contributed by atoms with E-state index < -0.39 is 0 Å². The summed E-state index contributed by atoms with van der Waals surface area (Å²) in [5.74, 6) is 0.0190. The summed E-state index contributed by atoms with van der Waals surface area (Å²) in [5.41, 5.74) is 3.05. The molecule has 2 rings (SSSR count). The van der Waals surface area contributed by atoms with E-state index >= 15 is 0 Å². The second-order valence-electron chi connectivity index (χ2n) is 4.52. The molecule has 3 nitrogen and oxygen atoms in total. The highest BCUT2D eigenvalue weighted by atomic mass is 16.2. The maximum atomic E-state index is 11.3. The van der Waals surface area contributed by atoms with Gasteiger partial charge in [0.2, 0.25) is 0 Å². The Bertz CT molecular complexity index is 357. The molecule has 1 amide bonds. The number of aromatic amines is 1. The molecule has 0 saturated heterocycles. The summed E-state index contributed by atoms with van der Waals surface area (Å²) in [7, 11) is 0. The monoisotopic (exact) mass is 178 g/mol. The first-order valence-corrected chi connectivity index (χ1v) is 4.49. The van der Waals surface area contributed by atoms with Crippen LogP contribution in [0.2, 0.25) is 0 Å². The van der Waals surface area contributed by atoms with Gasteiger partial charge in [0, 0.05) is 23.2 Å². The van der Waals surface area contributed by atoms with E-state index in [0.29, 0.717) is 6.54 Å². The molecular weight excluding hydrogens is 164 g/mol. The molecule has 1 aliphatic heterocycles. The maximum absolute atomic E-state index is 11.3. The zero-order valence-corrected chi connectivity index (χ0v) is 8.19. The van der Waals surface area contributed by atoms with E-state index in [2.05, 4.69) is 37.1 Å². The van der Waals surface area contributed by atoms with Gasteiger partial charge in [0.05, 0.1) is 0 Å². The van der Waals surface area contributed by atoms with Gasteiger partial charge in [0.15, 0.2) is 0 Å². The molecule has 2 heterocycles. The molecule has 0 saturated carbocycles. The Morgan fingerprint density at radius 3 is 2.62 bits per heavy atom. The molecule has 0 atom stereocenters. The zero-order chi connectivity index (χ0) is 9.64. The van der Waals surface area contributed by atoms with Crippen LogP contribution in [0.25, 0.3) is 0 Å². The lowest BCUT2D eigenvalue weighted by atomic mass is 9.92. The fourth-order valence-electron chi connectivity index (χ4n) is 1.51. The summed E-state index contributed by atoms with van der Waals surface area (Å²) in [4.78, 5) is 14.4. The first kappa shape index (κ1) is 8.35. The molecule has 3 heteroatoms. The van der Waals surface area contributed by atoms with Crippen LogP contribution in [-0.2, 0) is 12.0 Å². The van der Waals surface area contributed by atoms with Gasteiger partial charge in [-0.1, -0.05) is 20.8 Å². The zero-order valence-electron chi connectivity index (χ0n) is 8.19. The highest BCUT2D eigenvalue weighted by Gasteiger charge is 2.25. The van der Waals surface area contributed by atoms with Crippen LogP contribution in [0.1, 0.15) is 42.5 Å². The summed E-state index contributed by atoms with van der Waals surface area (Å²) >= 11 is 0. The SMILES string of the molecule is CC(C)(C)c1cc2c([nH]1)C(=O)NC2. The van der Waals surface area contributed by atoms with Gasteiger partial charge < -0.3 is 10.3 Å². The number of carbonyl (C=O) groups is 1. The van der Waals surface area contributed by atoms with Gasteiger partial charge in [0.25, 0.3) is 5.91 Å². The predicted molar refractivity (Wildman–Crippen MR) is 50.7 cm³/mol. The fraction of sp³-hybridized carbons (Fsp3) is 0.500. The van der Waals surface area contributed by atoms with Crippen molar-refractivity contribution in [2.75, 3.05) is 0 Å². The van der Waals surface area contributed by atoms with Crippen LogP contribution < -0.4 is 5.32 Å². The van der Waals surface area contributed by atoms with Crippen molar-refractivity contribution >= 4 is 5.91 Å². The van der Waals surface area contributed by atoms with Crippen LogP contribution in [-0.4, -0.2) is 10.9 Å². The molecule has 0 aromatic carbocycles. The van der Waals surface area contributed by atoms with E-state index in [-0.39, 0.29) is 11.3 Å². The first-order chi connectivity index (χ1) is 5.98. The summed E-state index contributed by atoms with van der Waals surface area (Å²) in [5, 5.41) is 2.77. The van der Waals surface area contributed by atoms with Crippen molar-refractivity contribution in [1.29, 1.82) is 0 Å². The minimum absolute atomic E-state index is 0.0190. The minimum Gasteiger partial charge on any atom is -0.354 e. The van der Waals surface area contributed by atoms with E-state index in [1.165, 1.54) is 0 Å². The standard InChI is InChI=1S/C10H14N2O/c1-10(2,3)7-4-6-5-11-9(13)8(6)12-7/h4,12H,5H2,1-3H3,(H,11,13). The molecule has 0 unspecified atom stereocenters. The third-order valence-corrected chi connectivity index (χ3v) is 2.37. The lowest BCUT2D eigenvalue weighted by Gasteiger charge is -2.16. The molecule has 70 valence electrons. The smallest absolute Gasteiger partial charge is 0.268 e. The number of hydrogen-bond acceptors (Lipinski definition) is 1. The van der Waals surface area contributed by atoms with Crippen LogP contribution in [0.15, 0.2) is 6.07 Å². The third-order valence-electron chi connectivity index (χ3n) is 2.37. The van der Waals surface area contributed by atoms with Gasteiger partial charge >= 0.3 is 0 Å². The molecule has 1 aromatic heterocycles. The molecule has 2 N–H and O–H groups in total. The quantitative estimate of drug-likeness (QED) is 0.622. The van der Waals surface area contributed by atoms with Crippen LogP contribution >= 0.6 is 0 Å². The van der Waals surface area contributed by atoms with Gasteiger partial charge in [-0.25, -0.2) is 0 Å². The van der Waals surface area contributed by atoms with Crippen molar-refractivity contribution in [1.82, 2.24) is 10.3 Å². The Hall–Kier alpha value is -1.25. The van der Waals surface area contributed by atoms with Crippen molar-refractivity contribution in [3.05, 3.63) is 23.0 Å². The Balaban J connectivity index is 2.45. The van der Waals surface area contributed by atoms with Crippen molar-refractivity contribution in [3.8, 4) is 0 Å². The molecule has 0 bridgehead atoms. The Morgan fingerprint density at radius 1 is 1.38 bits per heavy atom. The molecule has 13 heavy (non-hydrogen) atoms. The van der Waals surface area contributed by atoms with Crippen molar-refractivity contribution in [3.63, 3.8) is 0 Å². The maximum Gasteiger partial charge on any atom is 0.268 e. The molecule has 1 aliphatic rings. The first-order valence-electron chi connectivity index (χ1n) is 4.49. The van der Waals surface area contributed by atoms with Crippen molar-refractivity contribution in [2.24, 2.45) is 0 Å². The van der Waals surface area contributed by atoms with Gasteiger partial charge in [-0.05, 0) is 6.07 Å². The summed E-state index contributed by atoms with van der Waals surface area (Å²) < 4.78 is 0.